The molecule has 2 aromatic rings. The largest absolute Gasteiger partial charge is 0.394 e. The van der Waals surface area contributed by atoms with Crippen LogP contribution in [-0.4, -0.2) is 47.1 Å². The molecule has 0 spiro atoms. The highest BCUT2D eigenvalue weighted by atomic mass is 16.3. The molecule has 31 heavy (non-hydrogen) atoms. The average molecular weight is 419 g/mol. The molecule has 2 amide bonds. The maximum Gasteiger partial charge on any atom is 0.231 e. The number of carbonyl (C=O) groups is 2. The third kappa shape index (κ3) is 3.55. The van der Waals surface area contributed by atoms with Crippen LogP contribution in [0.5, 0.6) is 0 Å². The quantitative estimate of drug-likeness (QED) is 0.827. The number of aliphatic hydroxyl groups is 1. The van der Waals surface area contributed by atoms with Crippen LogP contribution >= 0.6 is 0 Å². The minimum absolute atomic E-state index is 0.0358. The van der Waals surface area contributed by atoms with Gasteiger partial charge < -0.3 is 14.9 Å². The van der Waals surface area contributed by atoms with E-state index in [0.29, 0.717) is 13.0 Å². The van der Waals surface area contributed by atoms with Gasteiger partial charge in [-0.15, -0.1) is 0 Å². The molecule has 0 aromatic heterocycles. The summed E-state index contributed by atoms with van der Waals surface area (Å²) in [6.07, 6.45) is 5.64. The summed E-state index contributed by atoms with van der Waals surface area (Å²) in [4.78, 5) is 30.5. The van der Waals surface area contributed by atoms with Crippen LogP contribution in [0, 0.1) is 5.92 Å². The fraction of sp³-hybridized carbons (Fsp3) is 0.462. The number of likely N-dealkylation sites (tertiary alicyclic amines) is 1. The SMILES string of the molecule is O=C(Cc1ccccc1)N1C[C@H]2[C@@H](c3ccccc31)[C@@H](CO)N2C(=O)C1CCCCC1. The number of benzene rings is 2. The Morgan fingerprint density at radius 3 is 2.39 bits per heavy atom. The van der Waals surface area contributed by atoms with Gasteiger partial charge in [-0.2, -0.15) is 0 Å². The fourth-order valence-electron chi connectivity index (χ4n) is 5.85. The van der Waals surface area contributed by atoms with E-state index < -0.39 is 0 Å². The van der Waals surface area contributed by atoms with Crippen LogP contribution in [0.4, 0.5) is 5.69 Å². The van der Waals surface area contributed by atoms with E-state index in [4.69, 9.17) is 0 Å². The first kappa shape index (κ1) is 20.3. The first-order valence-electron chi connectivity index (χ1n) is 11.6. The lowest BCUT2D eigenvalue weighted by molar-refractivity contribution is -0.156. The molecule has 162 valence electrons. The molecular formula is C26H30N2O3. The standard InChI is InChI=1S/C26H30N2O3/c29-17-23-25-20-13-7-8-14-21(20)27(24(30)15-18-9-3-1-4-10-18)16-22(25)28(23)26(31)19-11-5-2-6-12-19/h1,3-4,7-10,13-14,19,22-23,25,29H,2,5-6,11-12,15-17H2/t22-,23+,25+/m0/s1. The number of para-hydroxylation sites is 1. The highest BCUT2D eigenvalue weighted by Gasteiger charge is 2.55. The number of nitrogens with zero attached hydrogens (tertiary/aromatic N) is 2. The highest BCUT2D eigenvalue weighted by Crippen LogP contribution is 2.49. The van der Waals surface area contributed by atoms with Gasteiger partial charge in [-0.3, -0.25) is 9.59 Å². The number of fused-ring (bicyclic) bond motifs is 3. The molecule has 1 saturated carbocycles. The van der Waals surface area contributed by atoms with Crippen molar-refractivity contribution in [3.05, 3.63) is 65.7 Å². The molecule has 3 atom stereocenters. The molecule has 2 aromatic carbocycles. The molecule has 1 N–H and O–H groups in total. The number of hydrogen-bond donors (Lipinski definition) is 1. The molecule has 0 radical (unpaired) electrons. The fourth-order valence-corrected chi connectivity index (χ4v) is 5.85. The number of aliphatic hydroxyl groups excluding tert-OH is 1. The summed E-state index contributed by atoms with van der Waals surface area (Å²) in [5.41, 5.74) is 2.99. The second-order valence-electron chi connectivity index (χ2n) is 9.15. The Hall–Kier alpha value is -2.66. The molecule has 1 aliphatic carbocycles. The maximum atomic E-state index is 13.4. The Bertz CT molecular complexity index is 954. The van der Waals surface area contributed by atoms with Crippen LogP contribution in [0.1, 0.15) is 49.1 Å². The van der Waals surface area contributed by atoms with Crippen molar-refractivity contribution < 1.29 is 14.7 Å². The smallest absolute Gasteiger partial charge is 0.231 e. The lowest BCUT2D eigenvalue weighted by atomic mass is 9.70. The van der Waals surface area contributed by atoms with E-state index in [1.807, 2.05) is 58.3 Å². The molecule has 0 bridgehead atoms. The first-order chi connectivity index (χ1) is 15.2. The predicted molar refractivity (Wildman–Crippen MR) is 120 cm³/mol. The van der Waals surface area contributed by atoms with Crippen molar-refractivity contribution >= 4 is 17.5 Å². The van der Waals surface area contributed by atoms with Crippen LogP contribution in [0.2, 0.25) is 0 Å². The number of carbonyl (C=O) groups excluding carboxylic acids is 2. The summed E-state index contributed by atoms with van der Waals surface area (Å²) in [6, 6.07) is 17.5. The second kappa shape index (κ2) is 8.46. The van der Waals surface area contributed by atoms with E-state index in [1.54, 1.807) is 0 Å². The van der Waals surface area contributed by atoms with Crippen molar-refractivity contribution in [2.24, 2.45) is 5.92 Å². The van der Waals surface area contributed by atoms with Crippen LogP contribution in [0.25, 0.3) is 0 Å². The third-order valence-corrected chi connectivity index (χ3v) is 7.40. The minimum Gasteiger partial charge on any atom is -0.394 e. The van der Waals surface area contributed by atoms with Crippen molar-refractivity contribution in [2.75, 3.05) is 18.1 Å². The van der Waals surface area contributed by atoms with Crippen molar-refractivity contribution in [2.45, 2.75) is 56.5 Å². The molecule has 2 fully saturated rings. The number of amides is 2. The molecule has 2 heterocycles. The number of rotatable bonds is 4. The second-order valence-corrected chi connectivity index (χ2v) is 9.15. The van der Waals surface area contributed by atoms with E-state index in [0.717, 1.165) is 42.5 Å². The first-order valence-corrected chi connectivity index (χ1v) is 11.6. The molecule has 5 nitrogen and oxygen atoms in total. The zero-order valence-corrected chi connectivity index (χ0v) is 17.8. The minimum atomic E-state index is -0.188. The molecule has 3 aliphatic rings. The van der Waals surface area contributed by atoms with Crippen molar-refractivity contribution in [1.82, 2.24) is 4.90 Å². The molecule has 5 rings (SSSR count). The topological polar surface area (TPSA) is 60.9 Å². The van der Waals surface area contributed by atoms with Gasteiger partial charge in [0.25, 0.3) is 0 Å². The summed E-state index contributed by atoms with van der Waals surface area (Å²) in [5, 5.41) is 10.2. The highest BCUT2D eigenvalue weighted by molar-refractivity contribution is 5.97. The third-order valence-electron chi connectivity index (χ3n) is 7.40. The Labute approximate surface area is 183 Å². The van der Waals surface area contributed by atoms with Gasteiger partial charge in [-0.25, -0.2) is 0 Å². The lowest BCUT2D eigenvalue weighted by Gasteiger charge is -2.59. The van der Waals surface area contributed by atoms with Gasteiger partial charge in [0, 0.05) is 24.1 Å². The lowest BCUT2D eigenvalue weighted by Crippen LogP contribution is -2.71. The zero-order valence-electron chi connectivity index (χ0n) is 17.8. The summed E-state index contributed by atoms with van der Waals surface area (Å²) >= 11 is 0. The summed E-state index contributed by atoms with van der Waals surface area (Å²) < 4.78 is 0. The zero-order chi connectivity index (χ0) is 21.4. The van der Waals surface area contributed by atoms with Crippen LogP contribution < -0.4 is 4.90 Å². The van der Waals surface area contributed by atoms with Crippen LogP contribution in [0.15, 0.2) is 54.6 Å². The monoisotopic (exact) mass is 418 g/mol. The van der Waals surface area contributed by atoms with Crippen molar-refractivity contribution in [3.63, 3.8) is 0 Å². The van der Waals surface area contributed by atoms with Crippen LogP contribution in [0.3, 0.4) is 0 Å². The van der Waals surface area contributed by atoms with Gasteiger partial charge in [0.2, 0.25) is 11.8 Å². The summed E-state index contributed by atoms with van der Waals surface area (Å²) in [6.45, 7) is 0.466. The average Bonchev–Trinajstić information content (AvgIpc) is 2.80. The van der Waals surface area contributed by atoms with Crippen LogP contribution in [-0.2, 0) is 16.0 Å². The Balaban J connectivity index is 1.43. The molecule has 0 unspecified atom stereocenters. The van der Waals surface area contributed by atoms with Crippen molar-refractivity contribution in [1.29, 1.82) is 0 Å². The van der Waals surface area contributed by atoms with E-state index in [2.05, 4.69) is 6.07 Å². The molecule has 5 heteroatoms. The van der Waals surface area contributed by atoms with E-state index in [9.17, 15) is 14.7 Å². The van der Waals surface area contributed by atoms with Gasteiger partial charge in [-0.05, 0) is 30.0 Å². The number of anilines is 1. The van der Waals surface area contributed by atoms with Crippen molar-refractivity contribution in [3.8, 4) is 0 Å². The van der Waals surface area contributed by atoms with Gasteiger partial charge in [-0.1, -0.05) is 67.8 Å². The molecular weight excluding hydrogens is 388 g/mol. The Morgan fingerprint density at radius 2 is 1.65 bits per heavy atom. The van der Waals surface area contributed by atoms with Gasteiger partial charge in [0.05, 0.1) is 25.1 Å². The Kier molecular flexibility index (Phi) is 5.53. The van der Waals surface area contributed by atoms with Gasteiger partial charge in [0.1, 0.15) is 0 Å². The summed E-state index contributed by atoms with van der Waals surface area (Å²) in [7, 11) is 0. The van der Waals surface area contributed by atoms with Gasteiger partial charge >= 0.3 is 0 Å². The summed E-state index contributed by atoms with van der Waals surface area (Å²) in [5.74, 6) is 0.383. The predicted octanol–water partition coefficient (Wildman–Crippen LogP) is 3.51. The van der Waals surface area contributed by atoms with E-state index in [1.165, 1.54) is 6.42 Å². The molecule has 2 aliphatic heterocycles. The van der Waals surface area contributed by atoms with Gasteiger partial charge in [0.15, 0.2) is 0 Å². The Morgan fingerprint density at radius 1 is 0.935 bits per heavy atom. The normalized spacial score (nSPS) is 25.4. The maximum absolute atomic E-state index is 13.4. The van der Waals surface area contributed by atoms with E-state index >= 15 is 0 Å². The number of hydrogen-bond acceptors (Lipinski definition) is 3. The molecule has 1 saturated heterocycles. The van der Waals surface area contributed by atoms with E-state index in [-0.39, 0.29) is 42.3 Å².